The standard InChI is InChI=1S/C18H23N3O2S2/c1-23-14-4-5-16-15(11-14)19-18(25-16)21-6-2-3-13(12-21)17(22)20-7-9-24-10-8-20/h4-5,11,13H,2-3,6-10,12H2,1H3. The number of hydrogen-bond acceptors (Lipinski definition) is 6. The molecule has 4 rings (SSSR count). The fourth-order valence-corrected chi connectivity index (χ4v) is 5.44. The van der Waals surface area contributed by atoms with Gasteiger partial charge in [0.25, 0.3) is 0 Å². The molecule has 3 heterocycles. The van der Waals surface area contributed by atoms with Gasteiger partial charge in [0.15, 0.2) is 5.13 Å². The topological polar surface area (TPSA) is 45.7 Å². The van der Waals surface area contributed by atoms with E-state index in [1.54, 1.807) is 18.4 Å². The predicted octanol–water partition coefficient (Wildman–Crippen LogP) is 3.10. The van der Waals surface area contributed by atoms with Crippen LogP contribution in [0.4, 0.5) is 5.13 Å². The minimum absolute atomic E-state index is 0.110. The van der Waals surface area contributed by atoms with E-state index in [0.717, 1.165) is 71.6 Å². The Morgan fingerprint density at radius 1 is 1.28 bits per heavy atom. The molecule has 5 nitrogen and oxygen atoms in total. The summed E-state index contributed by atoms with van der Waals surface area (Å²) in [6.45, 7) is 3.58. The van der Waals surface area contributed by atoms with Crippen molar-refractivity contribution in [3.8, 4) is 5.75 Å². The first kappa shape index (κ1) is 17.0. The lowest BCUT2D eigenvalue weighted by atomic mass is 9.97. The lowest BCUT2D eigenvalue weighted by Gasteiger charge is -2.36. The fraction of sp³-hybridized carbons (Fsp3) is 0.556. The zero-order valence-electron chi connectivity index (χ0n) is 14.4. The highest BCUT2D eigenvalue weighted by Crippen LogP contribution is 2.33. The quantitative estimate of drug-likeness (QED) is 0.822. The van der Waals surface area contributed by atoms with Crippen molar-refractivity contribution in [3.63, 3.8) is 0 Å². The molecule has 2 aliphatic heterocycles. The van der Waals surface area contributed by atoms with Gasteiger partial charge in [-0.1, -0.05) is 11.3 Å². The molecule has 134 valence electrons. The third-order valence-electron chi connectivity index (χ3n) is 4.95. The van der Waals surface area contributed by atoms with Crippen LogP contribution in [0.5, 0.6) is 5.75 Å². The number of methoxy groups -OCH3 is 1. The van der Waals surface area contributed by atoms with Crippen LogP contribution in [-0.2, 0) is 4.79 Å². The molecule has 2 fully saturated rings. The number of nitrogens with zero attached hydrogens (tertiary/aromatic N) is 3. The highest BCUT2D eigenvalue weighted by Gasteiger charge is 2.31. The van der Waals surface area contributed by atoms with Gasteiger partial charge in [-0.25, -0.2) is 4.98 Å². The molecule has 2 aliphatic rings. The van der Waals surface area contributed by atoms with Gasteiger partial charge in [0.2, 0.25) is 5.91 Å². The van der Waals surface area contributed by atoms with Gasteiger partial charge in [0.05, 0.1) is 23.2 Å². The molecule has 0 radical (unpaired) electrons. The largest absolute Gasteiger partial charge is 0.497 e. The molecule has 0 spiro atoms. The van der Waals surface area contributed by atoms with Gasteiger partial charge < -0.3 is 14.5 Å². The monoisotopic (exact) mass is 377 g/mol. The second kappa shape index (κ2) is 7.41. The van der Waals surface area contributed by atoms with Crippen LogP contribution >= 0.6 is 23.1 Å². The third kappa shape index (κ3) is 3.58. The summed E-state index contributed by atoms with van der Waals surface area (Å²) in [5, 5.41) is 1.02. The molecule has 1 atom stereocenters. The van der Waals surface area contributed by atoms with Crippen LogP contribution in [0.25, 0.3) is 10.2 Å². The van der Waals surface area contributed by atoms with Gasteiger partial charge in [-0.2, -0.15) is 11.8 Å². The summed E-state index contributed by atoms with van der Waals surface area (Å²) in [5.74, 6) is 3.43. The van der Waals surface area contributed by atoms with Crippen molar-refractivity contribution in [1.82, 2.24) is 9.88 Å². The van der Waals surface area contributed by atoms with Crippen LogP contribution in [0.1, 0.15) is 12.8 Å². The number of thiazole rings is 1. The highest BCUT2D eigenvalue weighted by atomic mass is 32.2. The predicted molar refractivity (Wildman–Crippen MR) is 105 cm³/mol. The third-order valence-corrected chi connectivity index (χ3v) is 6.99. The Hall–Kier alpha value is -1.47. The van der Waals surface area contributed by atoms with E-state index in [1.165, 1.54) is 0 Å². The van der Waals surface area contributed by atoms with Crippen LogP contribution in [0, 0.1) is 5.92 Å². The van der Waals surface area contributed by atoms with Gasteiger partial charge in [-0.3, -0.25) is 4.79 Å². The maximum atomic E-state index is 12.8. The number of rotatable bonds is 3. The molecular weight excluding hydrogens is 354 g/mol. The van der Waals surface area contributed by atoms with E-state index in [-0.39, 0.29) is 5.92 Å². The molecule has 1 amide bonds. The van der Waals surface area contributed by atoms with E-state index in [1.807, 2.05) is 23.9 Å². The summed E-state index contributed by atoms with van der Waals surface area (Å²) in [6.07, 6.45) is 2.05. The normalized spacial score (nSPS) is 21.6. The minimum Gasteiger partial charge on any atom is -0.497 e. The summed E-state index contributed by atoms with van der Waals surface area (Å²) in [6, 6.07) is 6.02. The average molecular weight is 378 g/mol. The van der Waals surface area contributed by atoms with Gasteiger partial charge >= 0.3 is 0 Å². The van der Waals surface area contributed by atoms with Crippen molar-refractivity contribution in [2.45, 2.75) is 12.8 Å². The zero-order chi connectivity index (χ0) is 17.2. The van der Waals surface area contributed by atoms with Crippen molar-refractivity contribution in [2.24, 2.45) is 5.92 Å². The maximum Gasteiger partial charge on any atom is 0.227 e. The maximum absolute atomic E-state index is 12.8. The minimum atomic E-state index is 0.110. The Morgan fingerprint density at radius 2 is 2.12 bits per heavy atom. The SMILES string of the molecule is COc1ccc2sc(N3CCCC(C(=O)N4CCSCC4)C3)nc2c1. The molecule has 25 heavy (non-hydrogen) atoms. The van der Waals surface area contributed by atoms with Crippen molar-refractivity contribution < 1.29 is 9.53 Å². The summed E-state index contributed by atoms with van der Waals surface area (Å²) in [4.78, 5) is 22.0. The van der Waals surface area contributed by atoms with Gasteiger partial charge in [-0.05, 0) is 25.0 Å². The molecule has 0 saturated carbocycles. The highest BCUT2D eigenvalue weighted by molar-refractivity contribution is 7.99. The van der Waals surface area contributed by atoms with E-state index < -0.39 is 0 Å². The first-order chi connectivity index (χ1) is 12.2. The Bertz CT molecular complexity index is 758. The number of thioether (sulfide) groups is 1. The number of anilines is 1. The second-order valence-corrected chi connectivity index (χ2v) is 8.79. The first-order valence-corrected chi connectivity index (χ1v) is 10.8. The molecule has 2 aromatic rings. The first-order valence-electron chi connectivity index (χ1n) is 8.80. The summed E-state index contributed by atoms with van der Waals surface area (Å²) in [7, 11) is 1.67. The Kier molecular flexibility index (Phi) is 5.03. The second-order valence-electron chi connectivity index (χ2n) is 6.55. The number of amides is 1. The average Bonchev–Trinajstić information content (AvgIpc) is 3.11. The van der Waals surface area contributed by atoms with Crippen molar-refractivity contribution in [3.05, 3.63) is 18.2 Å². The van der Waals surface area contributed by atoms with Crippen LogP contribution in [0.3, 0.4) is 0 Å². The van der Waals surface area contributed by atoms with Gasteiger partial charge in [-0.15, -0.1) is 0 Å². The van der Waals surface area contributed by atoms with Crippen LogP contribution in [0.15, 0.2) is 18.2 Å². The summed E-state index contributed by atoms with van der Waals surface area (Å²) >= 11 is 3.65. The van der Waals surface area contributed by atoms with E-state index in [2.05, 4.69) is 15.9 Å². The lowest BCUT2D eigenvalue weighted by Crippen LogP contribution is -2.47. The Labute approximate surface area is 156 Å². The number of carbonyl (C=O) groups is 1. The molecule has 0 N–H and O–H groups in total. The Balaban J connectivity index is 1.49. The van der Waals surface area contributed by atoms with E-state index in [0.29, 0.717) is 5.91 Å². The van der Waals surface area contributed by atoms with E-state index >= 15 is 0 Å². The van der Waals surface area contributed by atoms with Crippen molar-refractivity contribution >= 4 is 44.4 Å². The number of ether oxygens (including phenoxy) is 1. The smallest absolute Gasteiger partial charge is 0.227 e. The number of fused-ring (bicyclic) bond motifs is 1. The lowest BCUT2D eigenvalue weighted by molar-refractivity contribution is -0.135. The van der Waals surface area contributed by atoms with Crippen LogP contribution in [-0.4, -0.2) is 60.6 Å². The van der Waals surface area contributed by atoms with Crippen LogP contribution < -0.4 is 9.64 Å². The van der Waals surface area contributed by atoms with Gasteiger partial charge in [0.1, 0.15) is 5.75 Å². The molecule has 0 bridgehead atoms. The number of aromatic nitrogens is 1. The molecule has 0 aliphatic carbocycles. The number of benzene rings is 1. The summed E-state index contributed by atoms with van der Waals surface area (Å²) < 4.78 is 6.46. The van der Waals surface area contributed by atoms with E-state index in [9.17, 15) is 4.79 Å². The van der Waals surface area contributed by atoms with Crippen molar-refractivity contribution in [2.75, 3.05) is 49.7 Å². The molecule has 1 aromatic carbocycles. The van der Waals surface area contributed by atoms with Crippen molar-refractivity contribution in [1.29, 1.82) is 0 Å². The van der Waals surface area contributed by atoms with E-state index in [4.69, 9.17) is 9.72 Å². The Morgan fingerprint density at radius 3 is 2.92 bits per heavy atom. The molecule has 1 unspecified atom stereocenters. The number of piperidine rings is 1. The zero-order valence-corrected chi connectivity index (χ0v) is 16.1. The fourth-order valence-electron chi connectivity index (χ4n) is 3.55. The molecule has 7 heteroatoms. The number of hydrogen-bond donors (Lipinski definition) is 0. The molecular formula is C18H23N3O2S2. The summed E-state index contributed by atoms with van der Waals surface area (Å²) in [5.41, 5.74) is 0.973. The molecule has 1 aromatic heterocycles. The van der Waals surface area contributed by atoms with Gasteiger partial charge in [0, 0.05) is 43.8 Å². The molecule has 2 saturated heterocycles. The number of carbonyl (C=O) groups excluding carboxylic acids is 1. The van der Waals surface area contributed by atoms with Crippen LogP contribution in [0.2, 0.25) is 0 Å².